The summed E-state index contributed by atoms with van der Waals surface area (Å²) in [5, 5.41) is 13.4. The number of rotatable bonds is 6. The molecule has 0 aromatic carbocycles. The first-order valence-corrected chi connectivity index (χ1v) is 6.41. The van der Waals surface area contributed by atoms with Crippen LogP contribution in [0.25, 0.3) is 0 Å². The second kappa shape index (κ2) is 6.93. The Morgan fingerprint density at radius 1 is 1.53 bits per heavy atom. The molecule has 100 valence electrons. The molecule has 0 unspecified atom stereocenters. The summed E-state index contributed by atoms with van der Waals surface area (Å²) in [5.41, 5.74) is 4.69. The number of hydrogen-bond donors (Lipinski definition) is 3. The Labute approximate surface area is 103 Å². The van der Waals surface area contributed by atoms with Crippen LogP contribution in [0.15, 0.2) is 0 Å². The topological polar surface area (TPSA) is 84.6 Å². The van der Waals surface area contributed by atoms with Crippen molar-refractivity contribution in [3.63, 3.8) is 0 Å². The minimum Gasteiger partial charge on any atom is -0.466 e. The van der Waals surface area contributed by atoms with Gasteiger partial charge in [0.05, 0.1) is 18.1 Å². The van der Waals surface area contributed by atoms with E-state index in [2.05, 4.69) is 5.32 Å². The molecule has 0 radical (unpaired) electrons. The van der Waals surface area contributed by atoms with Crippen LogP contribution < -0.4 is 11.1 Å². The summed E-state index contributed by atoms with van der Waals surface area (Å²) in [6.45, 7) is 4.08. The van der Waals surface area contributed by atoms with Crippen molar-refractivity contribution in [1.82, 2.24) is 5.32 Å². The Kier molecular flexibility index (Phi) is 5.88. The lowest BCUT2D eigenvalue weighted by molar-refractivity contribution is -0.151. The average molecular weight is 244 g/mol. The highest BCUT2D eigenvalue weighted by Gasteiger charge is 2.35. The molecule has 0 saturated heterocycles. The third kappa shape index (κ3) is 4.61. The molecule has 1 aliphatic rings. The van der Waals surface area contributed by atoms with Gasteiger partial charge in [0, 0.05) is 19.6 Å². The van der Waals surface area contributed by atoms with Gasteiger partial charge in [-0.3, -0.25) is 4.79 Å². The Bertz CT molecular complexity index is 238. The lowest BCUT2D eigenvalue weighted by Gasteiger charge is -2.35. The first-order chi connectivity index (χ1) is 8.11. The van der Waals surface area contributed by atoms with E-state index in [9.17, 15) is 9.90 Å². The van der Waals surface area contributed by atoms with E-state index in [-0.39, 0.29) is 11.9 Å². The monoisotopic (exact) mass is 244 g/mol. The first-order valence-electron chi connectivity index (χ1n) is 6.41. The second-order valence-electron chi connectivity index (χ2n) is 4.72. The molecule has 0 bridgehead atoms. The van der Waals surface area contributed by atoms with E-state index in [1.807, 2.05) is 6.92 Å². The molecule has 0 aromatic rings. The molecule has 5 nitrogen and oxygen atoms in total. The van der Waals surface area contributed by atoms with Crippen molar-refractivity contribution in [2.24, 2.45) is 11.7 Å². The zero-order valence-corrected chi connectivity index (χ0v) is 10.6. The van der Waals surface area contributed by atoms with Gasteiger partial charge in [-0.1, -0.05) is 0 Å². The molecule has 0 atom stereocenters. The third-order valence-corrected chi connectivity index (χ3v) is 3.31. The van der Waals surface area contributed by atoms with E-state index >= 15 is 0 Å². The van der Waals surface area contributed by atoms with E-state index in [1.165, 1.54) is 0 Å². The standard InChI is InChI=1S/C12H24N2O3/c1-2-17-11(15)10-3-5-12(16,6-4-10)9-14-8-7-13/h10,14,16H,2-9,13H2,1H3. The Morgan fingerprint density at radius 2 is 2.18 bits per heavy atom. The molecule has 17 heavy (non-hydrogen) atoms. The van der Waals surface area contributed by atoms with Crippen molar-refractivity contribution in [2.75, 3.05) is 26.2 Å². The highest BCUT2D eigenvalue weighted by atomic mass is 16.5. The molecule has 4 N–H and O–H groups in total. The highest BCUT2D eigenvalue weighted by molar-refractivity contribution is 5.72. The average Bonchev–Trinajstić information content (AvgIpc) is 2.30. The van der Waals surface area contributed by atoms with Crippen molar-refractivity contribution in [1.29, 1.82) is 0 Å². The molecule has 1 rings (SSSR count). The summed E-state index contributed by atoms with van der Waals surface area (Å²) in [7, 11) is 0. The van der Waals surface area contributed by atoms with Gasteiger partial charge in [0.2, 0.25) is 0 Å². The van der Waals surface area contributed by atoms with Gasteiger partial charge in [-0.15, -0.1) is 0 Å². The normalized spacial score (nSPS) is 29.0. The molecular weight excluding hydrogens is 220 g/mol. The Morgan fingerprint density at radius 3 is 2.71 bits per heavy atom. The fraction of sp³-hybridized carbons (Fsp3) is 0.917. The van der Waals surface area contributed by atoms with Gasteiger partial charge in [0.15, 0.2) is 0 Å². The van der Waals surface area contributed by atoms with Gasteiger partial charge in [0.1, 0.15) is 0 Å². The summed E-state index contributed by atoms with van der Waals surface area (Å²) in [5.74, 6) is -0.158. The van der Waals surface area contributed by atoms with Crippen molar-refractivity contribution in [3.8, 4) is 0 Å². The lowest BCUT2D eigenvalue weighted by atomic mass is 9.79. The number of aliphatic hydroxyl groups is 1. The van der Waals surface area contributed by atoms with Crippen LogP contribution in [-0.2, 0) is 9.53 Å². The predicted octanol–water partition coefficient (Wildman–Crippen LogP) is 0.0191. The number of esters is 1. The summed E-state index contributed by atoms with van der Waals surface area (Å²) < 4.78 is 5.00. The zero-order chi connectivity index (χ0) is 12.7. The molecule has 0 heterocycles. The molecule has 1 saturated carbocycles. The number of hydrogen-bond acceptors (Lipinski definition) is 5. The number of carbonyl (C=O) groups is 1. The lowest BCUT2D eigenvalue weighted by Crippen LogP contribution is -2.45. The van der Waals surface area contributed by atoms with Crippen LogP contribution in [0.2, 0.25) is 0 Å². The van der Waals surface area contributed by atoms with Crippen molar-refractivity contribution >= 4 is 5.97 Å². The van der Waals surface area contributed by atoms with Crippen LogP contribution in [0.4, 0.5) is 0 Å². The summed E-state index contributed by atoms with van der Waals surface area (Å²) >= 11 is 0. The molecule has 0 amide bonds. The molecule has 0 spiro atoms. The summed E-state index contributed by atoms with van der Waals surface area (Å²) in [6, 6.07) is 0. The first kappa shape index (κ1) is 14.4. The fourth-order valence-electron chi connectivity index (χ4n) is 2.25. The van der Waals surface area contributed by atoms with Crippen LogP contribution in [0.1, 0.15) is 32.6 Å². The maximum atomic E-state index is 11.5. The Hall–Kier alpha value is -0.650. The van der Waals surface area contributed by atoms with E-state index in [0.29, 0.717) is 51.9 Å². The number of carbonyl (C=O) groups excluding carboxylic acids is 1. The molecule has 1 aliphatic carbocycles. The van der Waals surface area contributed by atoms with Crippen LogP contribution in [-0.4, -0.2) is 42.9 Å². The summed E-state index contributed by atoms with van der Waals surface area (Å²) in [6.07, 6.45) is 2.71. The number of nitrogens with one attached hydrogen (secondary N) is 1. The van der Waals surface area contributed by atoms with Crippen LogP contribution >= 0.6 is 0 Å². The van der Waals surface area contributed by atoms with Gasteiger partial charge < -0.3 is 20.9 Å². The second-order valence-corrected chi connectivity index (χ2v) is 4.72. The zero-order valence-electron chi connectivity index (χ0n) is 10.6. The Balaban J connectivity index is 2.31. The molecular formula is C12H24N2O3. The molecule has 1 fully saturated rings. The minimum atomic E-state index is -0.682. The van der Waals surface area contributed by atoms with Crippen LogP contribution in [0, 0.1) is 5.92 Å². The van der Waals surface area contributed by atoms with Gasteiger partial charge in [-0.25, -0.2) is 0 Å². The molecule has 5 heteroatoms. The molecule has 0 aromatic heterocycles. The van der Waals surface area contributed by atoms with Crippen LogP contribution in [0.5, 0.6) is 0 Å². The number of nitrogens with two attached hydrogens (primary N) is 1. The fourth-order valence-corrected chi connectivity index (χ4v) is 2.25. The quantitative estimate of drug-likeness (QED) is 0.453. The van der Waals surface area contributed by atoms with Crippen LogP contribution in [0.3, 0.4) is 0 Å². The SMILES string of the molecule is CCOC(=O)C1CCC(O)(CNCCN)CC1. The van der Waals surface area contributed by atoms with Gasteiger partial charge in [-0.05, 0) is 32.6 Å². The smallest absolute Gasteiger partial charge is 0.308 e. The van der Waals surface area contributed by atoms with Crippen molar-refractivity contribution in [2.45, 2.75) is 38.2 Å². The van der Waals surface area contributed by atoms with E-state index in [0.717, 1.165) is 0 Å². The van der Waals surface area contributed by atoms with E-state index < -0.39 is 5.60 Å². The van der Waals surface area contributed by atoms with Gasteiger partial charge in [-0.2, -0.15) is 0 Å². The third-order valence-electron chi connectivity index (χ3n) is 3.31. The van der Waals surface area contributed by atoms with Gasteiger partial charge in [0.25, 0.3) is 0 Å². The molecule has 0 aliphatic heterocycles. The highest BCUT2D eigenvalue weighted by Crippen LogP contribution is 2.32. The minimum absolute atomic E-state index is 0.0373. The van der Waals surface area contributed by atoms with Gasteiger partial charge >= 0.3 is 5.97 Å². The maximum absolute atomic E-state index is 11.5. The van der Waals surface area contributed by atoms with Crippen molar-refractivity contribution in [3.05, 3.63) is 0 Å². The van der Waals surface area contributed by atoms with E-state index in [1.54, 1.807) is 0 Å². The predicted molar refractivity (Wildman–Crippen MR) is 65.5 cm³/mol. The largest absolute Gasteiger partial charge is 0.466 e. The van der Waals surface area contributed by atoms with E-state index in [4.69, 9.17) is 10.5 Å². The summed E-state index contributed by atoms with van der Waals surface area (Å²) in [4.78, 5) is 11.5. The van der Waals surface area contributed by atoms with Crippen molar-refractivity contribution < 1.29 is 14.6 Å². The maximum Gasteiger partial charge on any atom is 0.308 e. The number of ether oxygens (including phenoxy) is 1.